The van der Waals surface area contributed by atoms with Crippen LogP contribution in [0.1, 0.15) is 36.0 Å². The Bertz CT molecular complexity index is 748. The molecule has 0 saturated carbocycles. The topological polar surface area (TPSA) is 58.4 Å². The first-order valence-corrected chi connectivity index (χ1v) is 9.67. The third-order valence-corrected chi connectivity index (χ3v) is 6.31. The highest BCUT2D eigenvalue weighted by Gasteiger charge is 2.40. The van der Waals surface area contributed by atoms with Crippen LogP contribution in [0, 0.1) is 12.8 Å². The molecule has 1 aromatic heterocycles. The Kier molecular flexibility index (Phi) is 4.56. The number of hydrogen-bond donors (Lipinski definition) is 1. The average molecular weight is 357 g/mol. The number of nitrogens with zero attached hydrogens (tertiary/aromatic N) is 2. The molecule has 2 aromatic rings. The van der Waals surface area contributed by atoms with E-state index in [1.54, 1.807) is 6.20 Å². The molecule has 3 saturated heterocycles. The molecule has 25 heavy (non-hydrogen) atoms. The number of carbonyl (C=O) groups excluding carboxylic acids is 1. The number of nitrogens with one attached hydrogen (secondary N) is 1. The molecular weight excluding hydrogens is 334 g/mol. The molecule has 0 unspecified atom stereocenters. The van der Waals surface area contributed by atoms with Crippen LogP contribution < -0.4 is 5.32 Å². The third-order valence-electron chi connectivity index (χ3n) is 5.41. The minimum atomic E-state index is 0.0256. The molecule has 2 bridgehead atoms. The van der Waals surface area contributed by atoms with Gasteiger partial charge in [-0.1, -0.05) is 11.8 Å². The fourth-order valence-corrected chi connectivity index (χ4v) is 4.73. The van der Waals surface area contributed by atoms with E-state index in [-0.39, 0.29) is 11.9 Å². The summed E-state index contributed by atoms with van der Waals surface area (Å²) in [6.07, 6.45) is 4.11. The molecule has 5 rings (SSSR count). The van der Waals surface area contributed by atoms with Gasteiger partial charge in [0.05, 0.1) is 6.20 Å². The summed E-state index contributed by atoms with van der Waals surface area (Å²) in [7, 11) is 0. The monoisotopic (exact) mass is 357 g/mol. The summed E-state index contributed by atoms with van der Waals surface area (Å²) in [5.74, 6) is 1.30. The quantitative estimate of drug-likeness (QED) is 0.909. The molecule has 5 nitrogen and oxygen atoms in total. The average Bonchev–Trinajstić information content (AvgIpc) is 3.04. The van der Waals surface area contributed by atoms with Crippen LogP contribution >= 0.6 is 11.8 Å². The van der Waals surface area contributed by atoms with Crippen molar-refractivity contribution < 1.29 is 9.21 Å². The Labute approximate surface area is 152 Å². The maximum atomic E-state index is 12.6. The lowest BCUT2D eigenvalue weighted by atomic mass is 9.79. The van der Waals surface area contributed by atoms with Gasteiger partial charge in [0.15, 0.2) is 11.0 Å². The number of carbonyl (C=O) groups is 1. The van der Waals surface area contributed by atoms with Crippen molar-refractivity contribution in [1.29, 1.82) is 0 Å². The normalized spacial score (nSPS) is 28.1. The van der Waals surface area contributed by atoms with Gasteiger partial charge in [0.25, 0.3) is 5.91 Å². The summed E-state index contributed by atoms with van der Waals surface area (Å²) in [4.78, 5) is 20.3. The lowest BCUT2D eigenvalue weighted by molar-refractivity contribution is 0.0217. The number of rotatable bonds is 4. The van der Waals surface area contributed by atoms with Crippen LogP contribution in [-0.4, -0.2) is 41.0 Å². The maximum Gasteiger partial charge on any atom is 0.251 e. The van der Waals surface area contributed by atoms with Gasteiger partial charge in [0.2, 0.25) is 0 Å². The molecule has 3 aliphatic heterocycles. The number of aryl methyl sites for hydroxylation is 1. The molecule has 1 aromatic carbocycles. The third kappa shape index (κ3) is 3.46. The summed E-state index contributed by atoms with van der Waals surface area (Å²) >= 11 is 1.51. The van der Waals surface area contributed by atoms with Crippen LogP contribution in [-0.2, 0) is 0 Å². The SMILES string of the molecule is Cc1ncc(Sc2ccc(C(=O)N[C@@H]3C4CCN(CC4)[C@H]3C)cc2)o1. The van der Waals surface area contributed by atoms with Crippen molar-refractivity contribution in [2.24, 2.45) is 5.92 Å². The number of hydrogen-bond acceptors (Lipinski definition) is 5. The minimum Gasteiger partial charge on any atom is -0.434 e. The first-order chi connectivity index (χ1) is 12.1. The molecule has 0 aliphatic carbocycles. The van der Waals surface area contributed by atoms with Gasteiger partial charge >= 0.3 is 0 Å². The zero-order valence-electron chi connectivity index (χ0n) is 14.6. The van der Waals surface area contributed by atoms with Crippen molar-refractivity contribution in [2.75, 3.05) is 13.1 Å². The Morgan fingerprint density at radius 3 is 2.60 bits per heavy atom. The molecule has 3 aliphatic rings. The number of piperidine rings is 3. The van der Waals surface area contributed by atoms with E-state index in [4.69, 9.17) is 4.42 Å². The molecule has 132 valence electrons. The lowest BCUT2D eigenvalue weighted by Gasteiger charge is -2.49. The largest absolute Gasteiger partial charge is 0.434 e. The van der Waals surface area contributed by atoms with Gasteiger partial charge < -0.3 is 9.73 Å². The van der Waals surface area contributed by atoms with Gasteiger partial charge in [-0.25, -0.2) is 4.98 Å². The Morgan fingerprint density at radius 1 is 1.28 bits per heavy atom. The zero-order valence-corrected chi connectivity index (χ0v) is 15.4. The van der Waals surface area contributed by atoms with Crippen molar-refractivity contribution >= 4 is 17.7 Å². The second kappa shape index (κ2) is 6.84. The van der Waals surface area contributed by atoms with E-state index in [9.17, 15) is 4.79 Å². The van der Waals surface area contributed by atoms with Crippen LogP contribution in [0.3, 0.4) is 0 Å². The van der Waals surface area contributed by atoms with Crippen molar-refractivity contribution in [3.63, 3.8) is 0 Å². The van der Waals surface area contributed by atoms with E-state index in [1.807, 2.05) is 31.2 Å². The minimum absolute atomic E-state index is 0.0256. The molecule has 1 amide bonds. The van der Waals surface area contributed by atoms with Crippen LogP contribution in [0.2, 0.25) is 0 Å². The summed E-state index contributed by atoms with van der Waals surface area (Å²) in [5, 5.41) is 4.03. The Hall–Kier alpha value is -1.79. The van der Waals surface area contributed by atoms with Crippen LogP contribution in [0.25, 0.3) is 0 Å². The summed E-state index contributed by atoms with van der Waals surface area (Å²) in [6, 6.07) is 8.37. The van der Waals surface area contributed by atoms with Crippen molar-refractivity contribution in [3.8, 4) is 0 Å². The first-order valence-electron chi connectivity index (χ1n) is 8.85. The highest BCUT2D eigenvalue weighted by molar-refractivity contribution is 7.99. The predicted octanol–water partition coefficient (Wildman–Crippen LogP) is 3.35. The van der Waals surface area contributed by atoms with E-state index in [2.05, 4.69) is 22.1 Å². The molecule has 0 spiro atoms. The molecule has 3 fully saturated rings. The summed E-state index contributed by atoms with van der Waals surface area (Å²) < 4.78 is 5.47. The van der Waals surface area contributed by atoms with Crippen molar-refractivity contribution in [2.45, 2.75) is 48.8 Å². The van der Waals surface area contributed by atoms with E-state index < -0.39 is 0 Å². The standard InChI is InChI=1S/C19H23N3O2S/c1-12-18(14-7-9-22(12)10-8-14)21-19(23)15-3-5-16(6-4-15)25-17-11-20-13(2)24-17/h3-6,11-12,14,18H,7-10H2,1-2H3,(H,21,23)/t12-,18-/m0/s1. The summed E-state index contributed by atoms with van der Waals surface area (Å²) in [5.41, 5.74) is 0.710. The van der Waals surface area contributed by atoms with Crippen LogP contribution in [0.4, 0.5) is 0 Å². The van der Waals surface area contributed by atoms with E-state index >= 15 is 0 Å². The fraction of sp³-hybridized carbons (Fsp3) is 0.474. The molecular formula is C19H23N3O2S. The smallest absolute Gasteiger partial charge is 0.251 e. The number of oxazole rings is 1. The predicted molar refractivity (Wildman–Crippen MR) is 96.8 cm³/mol. The zero-order chi connectivity index (χ0) is 17.4. The number of fused-ring (bicyclic) bond motifs is 3. The van der Waals surface area contributed by atoms with E-state index in [0.29, 0.717) is 23.4 Å². The second-order valence-electron chi connectivity index (χ2n) is 6.94. The van der Waals surface area contributed by atoms with Gasteiger partial charge in [0.1, 0.15) is 0 Å². The first kappa shape index (κ1) is 16.7. The van der Waals surface area contributed by atoms with Crippen LogP contribution in [0.15, 0.2) is 44.9 Å². The Balaban J connectivity index is 1.40. The molecule has 4 heterocycles. The van der Waals surface area contributed by atoms with Crippen molar-refractivity contribution in [1.82, 2.24) is 15.2 Å². The maximum absolute atomic E-state index is 12.6. The van der Waals surface area contributed by atoms with Gasteiger partial charge in [-0.2, -0.15) is 0 Å². The van der Waals surface area contributed by atoms with Gasteiger partial charge in [-0.05, 0) is 63.0 Å². The summed E-state index contributed by atoms with van der Waals surface area (Å²) in [6.45, 7) is 6.40. The second-order valence-corrected chi connectivity index (χ2v) is 8.02. The highest BCUT2D eigenvalue weighted by atomic mass is 32.2. The highest BCUT2D eigenvalue weighted by Crippen LogP contribution is 2.32. The number of amides is 1. The van der Waals surface area contributed by atoms with E-state index in [1.165, 1.54) is 37.7 Å². The van der Waals surface area contributed by atoms with E-state index in [0.717, 1.165) is 9.99 Å². The lowest BCUT2D eigenvalue weighted by Crippen LogP contribution is -2.62. The van der Waals surface area contributed by atoms with Crippen molar-refractivity contribution in [3.05, 3.63) is 41.9 Å². The number of aromatic nitrogens is 1. The Morgan fingerprint density at radius 2 is 2.00 bits per heavy atom. The van der Waals surface area contributed by atoms with Gasteiger partial charge in [-0.3, -0.25) is 9.69 Å². The molecule has 0 radical (unpaired) electrons. The van der Waals surface area contributed by atoms with Gasteiger partial charge in [0, 0.05) is 29.5 Å². The van der Waals surface area contributed by atoms with Gasteiger partial charge in [-0.15, -0.1) is 0 Å². The molecule has 1 N–H and O–H groups in total. The number of benzene rings is 1. The molecule has 6 heteroatoms. The molecule has 2 atom stereocenters. The fourth-order valence-electron chi connectivity index (χ4n) is 3.96. The van der Waals surface area contributed by atoms with Crippen LogP contribution in [0.5, 0.6) is 0 Å².